The summed E-state index contributed by atoms with van der Waals surface area (Å²) in [5.74, 6) is 1.81. The summed E-state index contributed by atoms with van der Waals surface area (Å²) in [6.45, 7) is 4.99. The summed E-state index contributed by atoms with van der Waals surface area (Å²) >= 11 is 1.44. The van der Waals surface area contributed by atoms with E-state index in [9.17, 15) is 9.90 Å². The third-order valence-electron chi connectivity index (χ3n) is 5.86. The van der Waals surface area contributed by atoms with Crippen molar-refractivity contribution >= 4 is 21.6 Å². The van der Waals surface area contributed by atoms with Gasteiger partial charge in [0.05, 0.1) is 32.3 Å². The zero-order valence-corrected chi connectivity index (χ0v) is 20.6. The first-order valence-corrected chi connectivity index (χ1v) is 12.0. The van der Waals surface area contributed by atoms with Crippen LogP contribution >= 0.6 is 11.3 Å². The van der Waals surface area contributed by atoms with Crippen molar-refractivity contribution in [3.8, 4) is 22.6 Å². The number of aromatic nitrogens is 2. The van der Waals surface area contributed by atoms with Crippen LogP contribution in [0.4, 0.5) is 0 Å². The molecule has 178 valence electrons. The van der Waals surface area contributed by atoms with E-state index in [4.69, 9.17) is 14.5 Å². The highest BCUT2D eigenvalue weighted by Crippen LogP contribution is 2.36. The predicted octanol–water partition coefficient (Wildman–Crippen LogP) is 4.61. The molecule has 2 aromatic heterocycles. The van der Waals surface area contributed by atoms with Gasteiger partial charge in [0.25, 0.3) is 5.56 Å². The molecular weight excluding hydrogens is 450 g/mol. The molecule has 7 nitrogen and oxygen atoms in total. The highest BCUT2D eigenvalue weighted by atomic mass is 32.1. The number of methoxy groups -OCH3 is 2. The molecule has 2 heterocycles. The van der Waals surface area contributed by atoms with Crippen LogP contribution in [-0.4, -0.2) is 46.8 Å². The summed E-state index contributed by atoms with van der Waals surface area (Å²) < 4.78 is 10.7. The molecule has 0 aliphatic heterocycles. The van der Waals surface area contributed by atoms with E-state index in [1.54, 1.807) is 14.2 Å². The van der Waals surface area contributed by atoms with Gasteiger partial charge in [0.1, 0.15) is 10.7 Å². The molecule has 0 aliphatic carbocycles. The molecule has 34 heavy (non-hydrogen) atoms. The molecule has 0 saturated carbocycles. The molecule has 2 aromatic carbocycles. The lowest BCUT2D eigenvalue weighted by molar-refractivity contribution is 0.0891. The van der Waals surface area contributed by atoms with Crippen molar-refractivity contribution < 1.29 is 14.6 Å². The Morgan fingerprint density at radius 3 is 2.50 bits per heavy atom. The quantitative estimate of drug-likeness (QED) is 0.364. The number of ether oxygens (including phenoxy) is 2. The third kappa shape index (κ3) is 4.99. The topological polar surface area (TPSA) is 87.7 Å². The van der Waals surface area contributed by atoms with Crippen molar-refractivity contribution in [2.24, 2.45) is 0 Å². The van der Waals surface area contributed by atoms with E-state index in [1.807, 2.05) is 53.9 Å². The summed E-state index contributed by atoms with van der Waals surface area (Å²) in [6, 6.07) is 15.3. The molecule has 0 fully saturated rings. The van der Waals surface area contributed by atoms with E-state index in [-0.39, 0.29) is 11.6 Å². The van der Waals surface area contributed by atoms with Crippen LogP contribution in [-0.2, 0) is 6.54 Å². The van der Waals surface area contributed by atoms with Crippen molar-refractivity contribution in [3.05, 3.63) is 75.7 Å². The molecule has 4 aromatic rings. The second-order valence-electron chi connectivity index (χ2n) is 8.36. The highest BCUT2D eigenvalue weighted by molar-refractivity contribution is 7.17. The van der Waals surface area contributed by atoms with Crippen LogP contribution in [0.3, 0.4) is 0 Å². The summed E-state index contributed by atoms with van der Waals surface area (Å²) in [5.41, 5.74) is 2.35. The Hall–Kier alpha value is -3.20. The van der Waals surface area contributed by atoms with Gasteiger partial charge in [-0.25, -0.2) is 4.98 Å². The molecule has 4 rings (SSSR count). The van der Waals surface area contributed by atoms with Crippen molar-refractivity contribution in [2.45, 2.75) is 32.5 Å². The average Bonchev–Trinajstić information content (AvgIpc) is 3.28. The van der Waals surface area contributed by atoms with Crippen LogP contribution < -0.4 is 15.0 Å². The van der Waals surface area contributed by atoms with Gasteiger partial charge in [-0.1, -0.05) is 36.4 Å². The van der Waals surface area contributed by atoms with Crippen molar-refractivity contribution in [3.63, 3.8) is 0 Å². The van der Waals surface area contributed by atoms with Crippen molar-refractivity contribution in [1.82, 2.24) is 14.9 Å². The van der Waals surface area contributed by atoms with E-state index < -0.39 is 6.10 Å². The van der Waals surface area contributed by atoms with Crippen molar-refractivity contribution in [2.75, 3.05) is 20.8 Å². The first kappa shape index (κ1) is 23.9. The number of rotatable bonds is 9. The zero-order chi connectivity index (χ0) is 24.2. The van der Waals surface area contributed by atoms with Gasteiger partial charge in [-0.15, -0.1) is 11.3 Å². The molecule has 0 aliphatic rings. The predicted molar refractivity (Wildman–Crippen MR) is 136 cm³/mol. The van der Waals surface area contributed by atoms with Gasteiger partial charge in [-0.3, -0.25) is 9.69 Å². The minimum Gasteiger partial charge on any atom is -0.493 e. The summed E-state index contributed by atoms with van der Waals surface area (Å²) in [4.78, 5) is 23.6. The zero-order valence-electron chi connectivity index (χ0n) is 19.7. The number of aromatic amines is 1. The van der Waals surface area contributed by atoms with E-state index in [0.717, 1.165) is 16.7 Å². The Morgan fingerprint density at radius 2 is 1.82 bits per heavy atom. The average molecular weight is 480 g/mol. The number of benzene rings is 2. The van der Waals surface area contributed by atoms with Crippen LogP contribution in [0.1, 0.15) is 31.3 Å². The molecule has 0 saturated heterocycles. The molecule has 0 radical (unpaired) electrons. The molecule has 2 N–H and O–H groups in total. The molecule has 1 unspecified atom stereocenters. The Balaban J connectivity index is 1.62. The minimum atomic E-state index is -0.627. The number of aliphatic hydroxyl groups excluding tert-OH is 1. The second-order valence-corrected chi connectivity index (χ2v) is 9.22. The van der Waals surface area contributed by atoms with E-state index in [2.05, 4.69) is 23.7 Å². The van der Waals surface area contributed by atoms with Crippen LogP contribution in [0.5, 0.6) is 11.5 Å². The number of thiophene rings is 1. The lowest BCUT2D eigenvalue weighted by atomic mass is 10.1. The number of nitrogens with zero attached hydrogens (tertiary/aromatic N) is 2. The lowest BCUT2D eigenvalue weighted by Crippen LogP contribution is -2.35. The Morgan fingerprint density at radius 1 is 1.09 bits per heavy atom. The monoisotopic (exact) mass is 479 g/mol. The standard InChI is InChI=1S/C26H29N3O4S/c1-16(2)29(13-20(30)17-8-6-5-7-9-17)14-23-27-25(31)24-19(15-34-26(24)28-23)18-10-11-21(32-3)22(12-18)33-4/h5-12,15-16,20,30H,13-14H2,1-4H3,(H,27,28,31). The fourth-order valence-electron chi connectivity index (χ4n) is 3.94. The maximum absolute atomic E-state index is 13.1. The van der Waals surface area contributed by atoms with Gasteiger partial charge in [-0.2, -0.15) is 0 Å². The number of nitrogens with one attached hydrogen (secondary N) is 1. The SMILES string of the molecule is COc1ccc(-c2csc3nc(CN(CC(O)c4ccccc4)C(C)C)[nH]c(=O)c23)cc1OC. The van der Waals surface area contributed by atoms with Crippen LogP contribution in [0.15, 0.2) is 58.7 Å². The van der Waals surface area contributed by atoms with Gasteiger partial charge >= 0.3 is 0 Å². The molecule has 1 atom stereocenters. The van der Waals surface area contributed by atoms with Crippen LogP contribution in [0, 0.1) is 0 Å². The fraction of sp³-hybridized carbons (Fsp3) is 0.308. The highest BCUT2D eigenvalue weighted by Gasteiger charge is 2.20. The van der Waals surface area contributed by atoms with Gasteiger partial charge < -0.3 is 19.6 Å². The number of hydrogen-bond acceptors (Lipinski definition) is 7. The van der Waals surface area contributed by atoms with Gasteiger partial charge in [0, 0.05) is 23.5 Å². The molecule has 0 bridgehead atoms. The second kappa shape index (κ2) is 10.4. The number of aliphatic hydroxyl groups is 1. The normalized spacial score (nSPS) is 12.4. The van der Waals surface area contributed by atoms with Gasteiger partial charge in [0.15, 0.2) is 11.5 Å². The largest absolute Gasteiger partial charge is 0.493 e. The summed E-state index contributed by atoms with van der Waals surface area (Å²) in [6.07, 6.45) is -0.627. The number of H-pyrrole nitrogens is 1. The first-order valence-electron chi connectivity index (χ1n) is 11.1. The maximum atomic E-state index is 13.1. The number of fused-ring (bicyclic) bond motifs is 1. The maximum Gasteiger partial charge on any atom is 0.260 e. The fourth-order valence-corrected chi connectivity index (χ4v) is 4.90. The Labute approximate surface area is 202 Å². The molecule has 8 heteroatoms. The van der Waals surface area contributed by atoms with E-state index >= 15 is 0 Å². The van der Waals surface area contributed by atoms with E-state index in [1.165, 1.54) is 11.3 Å². The first-order chi connectivity index (χ1) is 16.4. The Bertz CT molecular complexity index is 1320. The summed E-state index contributed by atoms with van der Waals surface area (Å²) in [5, 5.41) is 13.2. The van der Waals surface area contributed by atoms with Crippen LogP contribution in [0.2, 0.25) is 0 Å². The van der Waals surface area contributed by atoms with E-state index in [0.29, 0.717) is 40.6 Å². The van der Waals surface area contributed by atoms with Gasteiger partial charge in [-0.05, 0) is 37.1 Å². The minimum absolute atomic E-state index is 0.157. The summed E-state index contributed by atoms with van der Waals surface area (Å²) in [7, 11) is 3.18. The lowest BCUT2D eigenvalue weighted by Gasteiger charge is -2.28. The molecule has 0 amide bonds. The molecular formula is C26H29N3O4S. The Kier molecular flexibility index (Phi) is 7.31. The van der Waals surface area contributed by atoms with Gasteiger partial charge in [0.2, 0.25) is 0 Å². The number of hydrogen-bond donors (Lipinski definition) is 2. The van der Waals surface area contributed by atoms with Crippen molar-refractivity contribution in [1.29, 1.82) is 0 Å². The molecule has 0 spiro atoms. The third-order valence-corrected chi connectivity index (χ3v) is 6.73. The van der Waals surface area contributed by atoms with Crippen LogP contribution in [0.25, 0.3) is 21.3 Å². The smallest absolute Gasteiger partial charge is 0.260 e.